The highest BCUT2D eigenvalue weighted by Gasteiger charge is 2.29. The molecule has 2 aromatic heterocycles. The molecule has 0 aliphatic heterocycles. The van der Waals surface area contributed by atoms with Gasteiger partial charge < -0.3 is 10.1 Å². The van der Waals surface area contributed by atoms with Crippen molar-refractivity contribution in [3.63, 3.8) is 0 Å². The maximum absolute atomic E-state index is 12.4. The molecular formula is C17H12F3N3O2. The lowest BCUT2D eigenvalue weighted by atomic mass is 10.2. The Morgan fingerprint density at radius 1 is 1.12 bits per heavy atom. The fourth-order valence-corrected chi connectivity index (χ4v) is 2.17. The van der Waals surface area contributed by atoms with Gasteiger partial charge >= 0.3 is 6.18 Å². The number of rotatable bonds is 4. The first kappa shape index (κ1) is 16.7. The van der Waals surface area contributed by atoms with Gasteiger partial charge in [0.1, 0.15) is 5.56 Å². The molecule has 0 fully saturated rings. The van der Waals surface area contributed by atoms with Crippen LogP contribution in [-0.2, 0) is 0 Å². The molecule has 0 saturated carbocycles. The molecule has 5 nitrogen and oxygen atoms in total. The Morgan fingerprint density at radius 2 is 1.92 bits per heavy atom. The molecule has 0 saturated heterocycles. The van der Waals surface area contributed by atoms with E-state index in [0.717, 1.165) is 10.9 Å². The number of aromatic nitrogens is 2. The first-order chi connectivity index (χ1) is 11.9. The average molecular weight is 347 g/mol. The smallest absolute Gasteiger partial charge is 0.422 e. The largest absolute Gasteiger partial charge is 0.467 e. The van der Waals surface area contributed by atoms with Gasteiger partial charge in [-0.2, -0.15) is 13.2 Å². The van der Waals surface area contributed by atoms with Crippen LogP contribution in [0, 0.1) is 0 Å². The number of anilines is 1. The van der Waals surface area contributed by atoms with Crippen LogP contribution in [0.3, 0.4) is 0 Å². The van der Waals surface area contributed by atoms with E-state index in [1.165, 1.54) is 24.5 Å². The fraction of sp³-hybridized carbons (Fsp3) is 0.118. The van der Waals surface area contributed by atoms with Crippen LogP contribution < -0.4 is 10.1 Å². The number of hydrogen-bond acceptors (Lipinski definition) is 4. The number of alkyl halides is 3. The van der Waals surface area contributed by atoms with Crippen LogP contribution in [0.15, 0.2) is 54.9 Å². The molecular weight excluding hydrogens is 335 g/mol. The van der Waals surface area contributed by atoms with E-state index in [2.05, 4.69) is 20.0 Å². The van der Waals surface area contributed by atoms with Gasteiger partial charge in [-0.05, 0) is 24.3 Å². The van der Waals surface area contributed by atoms with Gasteiger partial charge in [-0.25, -0.2) is 4.98 Å². The molecule has 3 rings (SSSR count). The maximum atomic E-state index is 12.4. The summed E-state index contributed by atoms with van der Waals surface area (Å²) >= 11 is 0. The minimum atomic E-state index is -4.52. The molecule has 0 radical (unpaired) electrons. The molecule has 1 aromatic carbocycles. The van der Waals surface area contributed by atoms with Gasteiger partial charge in [0.05, 0.1) is 17.4 Å². The number of pyridine rings is 2. The molecule has 1 N–H and O–H groups in total. The number of fused-ring (bicyclic) bond motifs is 1. The molecule has 8 heteroatoms. The second-order valence-electron chi connectivity index (χ2n) is 5.13. The molecule has 0 aliphatic carbocycles. The van der Waals surface area contributed by atoms with Crippen LogP contribution in [0.5, 0.6) is 5.88 Å². The minimum absolute atomic E-state index is 0.0973. The van der Waals surface area contributed by atoms with Gasteiger partial charge in [0.2, 0.25) is 5.88 Å². The van der Waals surface area contributed by atoms with E-state index in [1.807, 2.05) is 24.3 Å². The number of para-hydroxylation sites is 1. The van der Waals surface area contributed by atoms with Gasteiger partial charge in [-0.1, -0.05) is 18.2 Å². The maximum Gasteiger partial charge on any atom is 0.422 e. The van der Waals surface area contributed by atoms with Gasteiger partial charge in [0.25, 0.3) is 5.91 Å². The third-order valence-corrected chi connectivity index (χ3v) is 3.24. The molecule has 0 bridgehead atoms. The van der Waals surface area contributed by atoms with E-state index in [1.54, 1.807) is 6.07 Å². The van der Waals surface area contributed by atoms with Crippen molar-refractivity contribution in [1.82, 2.24) is 9.97 Å². The lowest BCUT2D eigenvalue weighted by Crippen LogP contribution is -2.22. The Kier molecular flexibility index (Phi) is 4.51. The van der Waals surface area contributed by atoms with Crippen molar-refractivity contribution in [3.8, 4) is 5.88 Å². The summed E-state index contributed by atoms with van der Waals surface area (Å²) in [5.41, 5.74) is 1.07. The molecule has 0 atom stereocenters. The second kappa shape index (κ2) is 6.76. The summed E-state index contributed by atoms with van der Waals surface area (Å²) in [5, 5.41) is 3.40. The molecule has 3 aromatic rings. The molecule has 25 heavy (non-hydrogen) atoms. The third kappa shape index (κ3) is 4.23. The minimum Gasteiger partial charge on any atom is -0.467 e. The molecule has 0 unspecified atom stereocenters. The summed E-state index contributed by atoms with van der Waals surface area (Å²) in [6.45, 7) is -1.53. The Hall–Kier alpha value is -3.16. The van der Waals surface area contributed by atoms with E-state index in [9.17, 15) is 18.0 Å². The summed E-state index contributed by atoms with van der Waals surface area (Å²) in [6.07, 6.45) is -1.81. The topological polar surface area (TPSA) is 64.1 Å². The zero-order valence-corrected chi connectivity index (χ0v) is 12.7. The zero-order valence-electron chi connectivity index (χ0n) is 12.7. The highest BCUT2D eigenvalue weighted by molar-refractivity contribution is 6.06. The Bertz CT molecular complexity index is 913. The highest BCUT2D eigenvalue weighted by atomic mass is 19.4. The van der Waals surface area contributed by atoms with E-state index in [0.29, 0.717) is 5.69 Å². The van der Waals surface area contributed by atoms with Gasteiger partial charge in [-0.15, -0.1) is 0 Å². The Morgan fingerprint density at radius 3 is 2.72 bits per heavy atom. The van der Waals surface area contributed by atoms with E-state index in [-0.39, 0.29) is 11.4 Å². The quantitative estimate of drug-likeness (QED) is 0.779. The van der Waals surface area contributed by atoms with Crippen LogP contribution in [0.1, 0.15) is 10.4 Å². The van der Waals surface area contributed by atoms with E-state index < -0.39 is 18.7 Å². The molecule has 0 aliphatic rings. The Balaban J connectivity index is 1.80. The number of ether oxygens (including phenoxy) is 1. The van der Waals surface area contributed by atoms with Crippen molar-refractivity contribution < 1.29 is 22.7 Å². The first-order valence-electron chi connectivity index (χ1n) is 7.23. The zero-order chi connectivity index (χ0) is 17.9. The molecule has 1 amide bonds. The number of benzene rings is 1. The molecule has 2 heterocycles. The number of amides is 1. The van der Waals surface area contributed by atoms with E-state index in [4.69, 9.17) is 0 Å². The van der Waals surface area contributed by atoms with Crippen molar-refractivity contribution in [2.45, 2.75) is 6.18 Å². The van der Waals surface area contributed by atoms with Crippen molar-refractivity contribution >= 4 is 22.5 Å². The molecule has 0 spiro atoms. The van der Waals surface area contributed by atoms with Crippen molar-refractivity contribution in [3.05, 3.63) is 60.4 Å². The van der Waals surface area contributed by atoms with Crippen LogP contribution in [0.25, 0.3) is 10.9 Å². The second-order valence-corrected chi connectivity index (χ2v) is 5.13. The summed E-state index contributed by atoms with van der Waals surface area (Å²) in [6, 6.07) is 11.8. The molecule has 128 valence electrons. The predicted molar refractivity (Wildman–Crippen MR) is 85.5 cm³/mol. The number of nitrogens with one attached hydrogen (secondary N) is 1. The van der Waals surface area contributed by atoms with Crippen LogP contribution in [0.4, 0.5) is 18.9 Å². The van der Waals surface area contributed by atoms with Crippen molar-refractivity contribution in [1.29, 1.82) is 0 Å². The summed E-state index contributed by atoms with van der Waals surface area (Å²) < 4.78 is 41.5. The summed E-state index contributed by atoms with van der Waals surface area (Å²) in [4.78, 5) is 20.3. The summed E-state index contributed by atoms with van der Waals surface area (Å²) in [7, 11) is 0. The summed E-state index contributed by atoms with van der Waals surface area (Å²) in [5.74, 6) is -1.02. The number of nitrogens with zero attached hydrogens (tertiary/aromatic N) is 2. The monoisotopic (exact) mass is 347 g/mol. The first-order valence-corrected chi connectivity index (χ1v) is 7.23. The highest BCUT2D eigenvalue weighted by Crippen LogP contribution is 2.22. The van der Waals surface area contributed by atoms with Gasteiger partial charge in [-0.3, -0.25) is 9.78 Å². The third-order valence-electron chi connectivity index (χ3n) is 3.24. The van der Waals surface area contributed by atoms with Crippen LogP contribution in [0.2, 0.25) is 0 Å². The van der Waals surface area contributed by atoms with E-state index >= 15 is 0 Å². The SMILES string of the molecule is O=C(Nc1cnc2ccccc2c1)c1cccnc1OCC(F)(F)F. The number of halogens is 3. The predicted octanol–water partition coefficient (Wildman–Crippen LogP) is 3.82. The fourth-order valence-electron chi connectivity index (χ4n) is 2.17. The van der Waals surface area contributed by atoms with Crippen LogP contribution >= 0.6 is 0 Å². The standard InChI is InChI=1S/C17H12F3N3O2/c18-17(19,20)10-25-16-13(5-3-7-21-16)15(24)23-12-8-11-4-1-2-6-14(11)22-9-12/h1-9H,10H2,(H,23,24). The number of carbonyl (C=O) groups excluding carboxylic acids is 1. The normalized spacial score (nSPS) is 11.3. The van der Waals surface area contributed by atoms with Crippen molar-refractivity contribution in [2.24, 2.45) is 0 Å². The van der Waals surface area contributed by atoms with Gasteiger partial charge in [0, 0.05) is 11.6 Å². The van der Waals surface area contributed by atoms with Gasteiger partial charge in [0.15, 0.2) is 6.61 Å². The average Bonchev–Trinajstić information content (AvgIpc) is 2.59. The Labute approximate surface area is 140 Å². The number of hydrogen-bond donors (Lipinski definition) is 1. The van der Waals surface area contributed by atoms with Crippen molar-refractivity contribution in [2.75, 3.05) is 11.9 Å². The van der Waals surface area contributed by atoms with Crippen LogP contribution in [-0.4, -0.2) is 28.7 Å². The lowest BCUT2D eigenvalue weighted by Gasteiger charge is -2.12. The lowest BCUT2D eigenvalue weighted by molar-refractivity contribution is -0.154. The number of carbonyl (C=O) groups is 1.